The minimum Gasteiger partial charge on any atom is -0.465 e. The van der Waals surface area contributed by atoms with Crippen molar-refractivity contribution in [1.82, 2.24) is 14.7 Å². The van der Waals surface area contributed by atoms with Crippen LogP contribution in [0.25, 0.3) is 6.08 Å². The number of sulfonamides is 1. The molecule has 1 aliphatic heterocycles. The number of benzene rings is 1. The number of hydroxylamine groups is 2. The highest BCUT2D eigenvalue weighted by atomic mass is 32.2. The average molecular weight is 454 g/mol. The van der Waals surface area contributed by atoms with Crippen molar-refractivity contribution < 1.29 is 28.0 Å². The van der Waals surface area contributed by atoms with E-state index in [1.165, 1.54) is 31.3 Å². The number of amidine groups is 1. The number of rotatable bonds is 9. The van der Waals surface area contributed by atoms with Crippen LogP contribution in [0.4, 0.5) is 10.5 Å². The summed E-state index contributed by atoms with van der Waals surface area (Å²) in [4.78, 5) is 33.4. The first kappa shape index (κ1) is 24.3. The molecule has 0 saturated heterocycles. The van der Waals surface area contributed by atoms with Crippen LogP contribution >= 0.6 is 0 Å². The van der Waals surface area contributed by atoms with E-state index in [1.807, 2.05) is 6.92 Å². The lowest BCUT2D eigenvalue weighted by Crippen LogP contribution is -2.36. The van der Waals surface area contributed by atoms with Gasteiger partial charge in [0.2, 0.25) is 10.0 Å². The molecule has 0 fully saturated rings. The van der Waals surface area contributed by atoms with E-state index < -0.39 is 22.0 Å². The molecule has 1 aromatic rings. The zero-order chi connectivity index (χ0) is 23.2. The third-order valence-electron chi connectivity index (χ3n) is 4.30. The molecule has 170 valence electrons. The Labute approximate surface area is 181 Å². The molecule has 0 aliphatic carbocycles. The minimum atomic E-state index is -3.65. The van der Waals surface area contributed by atoms with Crippen molar-refractivity contribution in [3.8, 4) is 0 Å². The molecule has 0 saturated carbocycles. The van der Waals surface area contributed by atoms with Gasteiger partial charge >= 0.3 is 6.09 Å². The van der Waals surface area contributed by atoms with Gasteiger partial charge in [-0.2, -0.15) is 0 Å². The Bertz CT molecular complexity index is 1000. The fraction of sp³-hybridized carbons (Fsp3) is 0.421. The van der Waals surface area contributed by atoms with Crippen LogP contribution in [-0.4, -0.2) is 74.5 Å². The van der Waals surface area contributed by atoms with Crippen molar-refractivity contribution in [3.63, 3.8) is 0 Å². The number of nitrogens with zero attached hydrogens (tertiary/aromatic N) is 3. The molecule has 11 nitrogen and oxygen atoms in total. The van der Waals surface area contributed by atoms with Gasteiger partial charge in [0.15, 0.2) is 0 Å². The Kier molecular flexibility index (Phi) is 8.14. The molecular weight excluding hydrogens is 426 g/mol. The number of amides is 2. The second-order valence-electron chi connectivity index (χ2n) is 6.93. The quantitative estimate of drug-likeness (QED) is 0.374. The fourth-order valence-electron chi connectivity index (χ4n) is 2.78. The van der Waals surface area contributed by atoms with Gasteiger partial charge in [-0.3, -0.25) is 9.63 Å². The zero-order valence-corrected chi connectivity index (χ0v) is 18.5. The Morgan fingerprint density at radius 3 is 2.65 bits per heavy atom. The van der Waals surface area contributed by atoms with Crippen molar-refractivity contribution in [2.75, 3.05) is 33.8 Å². The van der Waals surface area contributed by atoms with Gasteiger partial charge in [0, 0.05) is 44.7 Å². The van der Waals surface area contributed by atoms with Crippen molar-refractivity contribution in [3.05, 3.63) is 29.3 Å². The largest absolute Gasteiger partial charge is 0.465 e. The van der Waals surface area contributed by atoms with Gasteiger partial charge < -0.3 is 16.2 Å². The van der Waals surface area contributed by atoms with Crippen LogP contribution in [-0.2, 0) is 19.7 Å². The number of nitrogens with one attached hydrogen (secondary N) is 1. The number of carboxylic acid groups (broad SMARTS) is 1. The van der Waals surface area contributed by atoms with Gasteiger partial charge in [0.25, 0.3) is 5.91 Å². The zero-order valence-electron chi connectivity index (χ0n) is 17.7. The molecule has 0 bridgehead atoms. The molecule has 0 aromatic heterocycles. The Morgan fingerprint density at radius 1 is 1.32 bits per heavy atom. The third kappa shape index (κ3) is 6.26. The number of carbonyl (C=O) groups is 2. The summed E-state index contributed by atoms with van der Waals surface area (Å²) in [5.41, 5.74) is 7.20. The van der Waals surface area contributed by atoms with Crippen LogP contribution in [0.2, 0.25) is 0 Å². The maximum atomic E-state index is 13.0. The SMILES string of the molecule is CCCN(OCCNC(=O)O)C(=O)C1=Cc2ccc(S(=O)(=O)N(C)C)cc2N=C(N)C1. The van der Waals surface area contributed by atoms with Crippen LogP contribution in [0, 0.1) is 0 Å². The number of carbonyl (C=O) groups excluding carboxylic acids is 1. The summed E-state index contributed by atoms with van der Waals surface area (Å²) in [6, 6.07) is 4.43. The topological polar surface area (TPSA) is 155 Å². The molecule has 2 amide bonds. The molecule has 1 aromatic carbocycles. The van der Waals surface area contributed by atoms with Crippen LogP contribution < -0.4 is 11.1 Å². The summed E-state index contributed by atoms with van der Waals surface area (Å²) >= 11 is 0. The molecular formula is C19H27N5O6S. The van der Waals surface area contributed by atoms with Gasteiger partial charge in [-0.25, -0.2) is 27.6 Å². The van der Waals surface area contributed by atoms with E-state index in [1.54, 1.807) is 12.1 Å². The summed E-state index contributed by atoms with van der Waals surface area (Å²) in [5, 5.41) is 12.0. The average Bonchev–Trinajstić information content (AvgIpc) is 2.86. The highest BCUT2D eigenvalue weighted by Gasteiger charge is 2.24. The van der Waals surface area contributed by atoms with E-state index >= 15 is 0 Å². The maximum absolute atomic E-state index is 13.0. The van der Waals surface area contributed by atoms with E-state index in [-0.39, 0.29) is 30.3 Å². The third-order valence-corrected chi connectivity index (χ3v) is 6.11. The van der Waals surface area contributed by atoms with Crippen molar-refractivity contribution in [2.45, 2.75) is 24.7 Å². The predicted molar refractivity (Wildman–Crippen MR) is 115 cm³/mol. The lowest BCUT2D eigenvalue weighted by atomic mass is 10.1. The summed E-state index contributed by atoms with van der Waals surface area (Å²) in [7, 11) is -0.781. The molecule has 0 spiro atoms. The van der Waals surface area contributed by atoms with E-state index in [2.05, 4.69) is 10.3 Å². The molecule has 31 heavy (non-hydrogen) atoms. The smallest absolute Gasteiger partial charge is 0.404 e. The van der Waals surface area contributed by atoms with E-state index in [0.29, 0.717) is 29.8 Å². The van der Waals surface area contributed by atoms with Crippen molar-refractivity contribution in [1.29, 1.82) is 0 Å². The summed E-state index contributed by atoms with van der Waals surface area (Å²) in [6.45, 7) is 2.18. The molecule has 1 heterocycles. The molecule has 0 unspecified atom stereocenters. The lowest BCUT2D eigenvalue weighted by Gasteiger charge is -2.22. The van der Waals surface area contributed by atoms with Crippen LogP contribution in [0.15, 0.2) is 33.7 Å². The van der Waals surface area contributed by atoms with Crippen LogP contribution in [0.5, 0.6) is 0 Å². The highest BCUT2D eigenvalue weighted by Crippen LogP contribution is 2.30. The van der Waals surface area contributed by atoms with E-state index in [9.17, 15) is 18.0 Å². The summed E-state index contributed by atoms with van der Waals surface area (Å²) < 4.78 is 25.9. The molecule has 1 aliphatic rings. The first-order chi connectivity index (χ1) is 14.6. The molecule has 4 N–H and O–H groups in total. The van der Waals surface area contributed by atoms with Crippen molar-refractivity contribution in [2.24, 2.45) is 10.7 Å². The number of hydrogen-bond donors (Lipinski definition) is 3. The minimum absolute atomic E-state index is 0.0166. The van der Waals surface area contributed by atoms with Crippen LogP contribution in [0.3, 0.4) is 0 Å². The second-order valence-corrected chi connectivity index (χ2v) is 9.08. The number of fused-ring (bicyclic) bond motifs is 1. The predicted octanol–water partition coefficient (Wildman–Crippen LogP) is 1.15. The standard InChI is InChI=1S/C19H27N5O6S/c1-4-8-24(30-9-7-21-19(26)27)18(25)14-10-13-5-6-15(31(28,29)23(2)3)12-16(13)22-17(20)11-14/h5-6,10,12,21H,4,7-9,11H2,1-3H3,(H2,20,22)(H,26,27). The first-order valence-corrected chi connectivity index (χ1v) is 11.0. The molecule has 12 heteroatoms. The van der Waals surface area contributed by atoms with Crippen molar-refractivity contribution >= 4 is 39.6 Å². The van der Waals surface area contributed by atoms with E-state index in [0.717, 1.165) is 4.31 Å². The number of aliphatic imine (C=N–C) groups is 1. The van der Waals surface area contributed by atoms with Gasteiger partial charge in [0.05, 0.1) is 17.2 Å². The van der Waals surface area contributed by atoms with Gasteiger partial charge in [0.1, 0.15) is 5.84 Å². The lowest BCUT2D eigenvalue weighted by molar-refractivity contribution is -0.181. The Hall–Kier alpha value is -2.96. The molecule has 2 rings (SSSR count). The fourth-order valence-corrected chi connectivity index (χ4v) is 3.70. The summed E-state index contributed by atoms with van der Waals surface area (Å²) in [5.74, 6) is -0.269. The van der Waals surface area contributed by atoms with Gasteiger partial charge in [-0.15, -0.1) is 0 Å². The van der Waals surface area contributed by atoms with Gasteiger partial charge in [-0.1, -0.05) is 13.0 Å². The van der Waals surface area contributed by atoms with Gasteiger partial charge in [-0.05, 0) is 24.6 Å². The monoisotopic (exact) mass is 453 g/mol. The van der Waals surface area contributed by atoms with E-state index in [4.69, 9.17) is 15.7 Å². The molecule has 0 atom stereocenters. The number of hydrogen-bond acceptors (Lipinski definition) is 7. The molecule has 0 radical (unpaired) electrons. The highest BCUT2D eigenvalue weighted by molar-refractivity contribution is 7.89. The Balaban J connectivity index is 2.31. The second kappa shape index (κ2) is 10.4. The maximum Gasteiger partial charge on any atom is 0.404 e. The number of nitrogens with two attached hydrogens (primary N) is 1. The van der Waals surface area contributed by atoms with Crippen LogP contribution in [0.1, 0.15) is 25.3 Å². The first-order valence-electron chi connectivity index (χ1n) is 9.58. The Morgan fingerprint density at radius 2 is 2.03 bits per heavy atom. The summed E-state index contributed by atoms with van der Waals surface area (Å²) in [6.07, 6.45) is 1.10. The normalized spacial score (nSPS) is 13.7.